The molecule has 0 saturated carbocycles. The summed E-state index contributed by atoms with van der Waals surface area (Å²) in [6.07, 6.45) is 0. The Morgan fingerprint density at radius 2 is 1.77 bits per heavy atom. The Kier molecular flexibility index (Phi) is 6.07. The third-order valence-corrected chi connectivity index (χ3v) is 4.60. The summed E-state index contributed by atoms with van der Waals surface area (Å²) < 4.78 is 19.0. The SMILES string of the molecule is COc1ccccc1N1CCN(CC(=O)NCc2ccccc2F)CC1. The van der Waals surface area contributed by atoms with Crippen molar-refractivity contribution in [1.29, 1.82) is 0 Å². The monoisotopic (exact) mass is 357 g/mol. The molecular weight excluding hydrogens is 333 g/mol. The van der Waals surface area contributed by atoms with E-state index < -0.39 is 0 Å². The molecule has 1 N–H and O–H groups in total. The molecule has 1 aliphatic heterocycles. The van der Waals surface area contributed by atoms with Gasteiger partial charge in [-0.05, 0) is 18.2 Å². The first-order valence-corrected chi connectivity index (χ1v) is 8.78. The molecule has 0 radical (unpaired) electrons. The number of nitrogens with one attached hydrogen (secondary N) is 1. The third kappa shape index (κ3) is 4.52. The van der Waals surface area contributed by atoms with E-state index in [1.54, 1.807) is 25.3 Å². The molecule has 5 nitrogen and oxygen atoms in total. The number of rotatable bonds is 6. The molecule has 0 atom stereocenters. The number of carbonyl (C=O) groups is 1. The molecule has 6 heteroatoms. The Morgan fingerprint density at radius 1 is 1.08 bits per heavy atom. The zero-order valence-electron chi connectivity index (χ0n) is 15.0. The van der Waals surface area contributed by atoms with E-state index in [2.05, 4.69) is 21.2 Å². The molecule has 1 heterocycles. The maximum absolute atomic E-state index is 13.6. The second kappa shape index (κ2) is 8.67. The van der Waals surface area contributed by atoms with Gasteiger partial charge in [0, 0.05) is 38.3 Å². The van der Waals surface area contributed by atoms with Crippen molar-refractivity contribution in [1.82, 2.24) is 10.2 Å². The molecule has 1 aliphatic rings. The summed E-state index contributed by atoms with van der Waals surface area (Å²) in [5, 5.41) is 2.79. The summed E-state index contributed by atoms with van der Waals surface area (Å²) in [4.78, 5) is 16.5. The van der Waals surface area contributed by atoms with E-state index in [1.807, 2.05) is 18.2 Å². The van der Waals surface area contributed by atoms with E-state index in [9.17, 15) is 9.18 Å². The Bertz CT molecular complexity index is 745. The molecule has 3 rings (SSSR count). The van der Waals surface area contributed by atoms with Gasteiger partial charge in [-0.2, -0.15) is 0 Å². The van der Waals surface area contributed by atoms with Crippen LogP contribution in [0.1, 0.15) is 5.56 Å². The van der Waals surface area contributed by atoms with E-state index in [0.717, 1.165) is 37.6 Å². The Balaban J connectivity index is 1.46. The van der Waals surface area contributed by atoms with E-state index in [4.69, 9.17) is 4.74 Å². The lowest BCUT2D eigenvalue weighted by Gasteiger charge is -2.36. The summed E-state index contributed by atoms with van der Waals surface area (Å²) in [5.41, 5.74) is 1.58. The van der Waals surface area contributed by atoms with Crippen molar-refractivity contribution in [2.45, 2.75) is 6.54 Å². The maximum Gasteiger partial charge on any atom is 0.234 e. The molecule has 26 heavy (non-hydrogen) atoms. The highest BCUT2D eigenvalue weighted by atomic mass is 19.1. The first-order chi connectivity index (χ1) is 12.7. The van der Waals surface area contributed by atoms with Gasteiger partial charge in [0.25, 0.3) is 0 Å². The molecule has 0 unspecified atom stereocenters. The number of hydrogen-bond donors (Lipinski definition) is 1. The number of para-hydroxylation sites is 2. The molecule has 1 saturated heterocycles. The predicted octanol–water partition coefficient (Wildman–Crippen LogP) is 2.27. The van der Waals surface area contributed by atoms with Gasteiger partial charge >= 0.3 is 0 Å². The normalized spacial score (nSPS) is 14.9. The highest BCUT2D eigenvalue weighted by Gasteiger charge is 2.21. The smallest absolute Gasteiger partial charge is 0.234 e. The van der Waals surface area contributed by atoms with Crippen molar-refractivity contribution in [3.05, 3.63) is 59.9 Å². The number of hydrogen-bond acceptors (Lipinski definition) is 4. The van der Waals surface area contributed by atoms with Crippen molar-refractivity contribution < 1.29 is 13.9 Å². The largest absolute Gasteiger partial charge is 0.495 e. The fourth-order valence-corrected chi connectivity index (χ4v) is 3.13. The van der Waals surface area contributed by atoms with Gasteiger partial charge in [-0.15, -0.1) is 0 Å². The lowest BCUT2D eigenvalue weighted by Crippen LogP contribution is -2.49. The lowest BCUT2D eigenvalue weighted by atomic mass is 10.2. The van der Waals surface area contributed by atoms with Crippen LogP contribution in [0.2, 0.25) is 0 Å². The van der Waals surface area contributed by atoms with Gasteiger partial charge in [-0.3, -0.25) is 9.69 Å². The van der Waals surface area contributed by atoms with Crippen molar-refractivity contribution in [2.24, 2.45) is 0 Å². The molecule has 2 aromatic rings. The van der Waals surface area contributed by atoms with Crippen LogP contribution in [0.4, 0.5) is 10.1 Å². The Labute approximate surface area is 153 Å². The van der Waals surface area contributed by atoms with Crippen LogP contribution in [0.5, 0.6) is 5.75 Å². The first kappa shape index (κ1) is 18.2. The number of ether oxygens (including phenoxy) is 1. The second-order valence-corrected chi connectivity index (χ2v) is 6.30. The number of amides is 1. The summed E-state index contributed by atoms with van der Waals surface area (Å²) in [5.74, 6) is 0.487. The number of benzene rings is 2. The summed E-state index contributed by atoms with van der Waals surface area (Å²) in [7, 11) is 1.68. The fourth-order valence-electron chi connectivity index (χ4n) is 3.13. The zero-order valence-corrected chi connectivity index (χ0v) is 15.0. The van der Waals surface area contributed by atoms with Crippen LogP contribution in [-0.4, -0.2) is 50.6 Å². The minimum atomic E-state index is -0.293. The average Bonchev–Trinajstić information content (AvgIpc) is 2.68. The average molecular weight is 357 g/mol. The van der Waals surface area contributed by atoms with Crippen LogP contribution in [-0.2, 0) is 11.3 Å². The predicted molar refractivity (Wildman–Crippen MR) is 99.9 cm³/mol. The van der Waals surface area contributed by atoms with Gasteiger partial charge < -0.3 is 15.0 Å². The van der Waals surface area contributed by atoms with E-state index >= 15 is 0 Å². The van der Waals surface area contributed by atoms with E-state index in [0.29, 0.717) is 12.1 Å². The van der Waals surface area contributed by atoms with Crippen molar-refractivity contribution in [3.63, 3.8) is 0 Å². The molecule has 0 aromatic heterocycles. The van der Waals surface area contributed by atoms with Gasteiger partial charge in [0.1, 0.15) is 11.6 Å². The topological polar surface area (TPSA) is 44.8 Å². The molecule has 138 valence electrons. The highest BCUT2D eigenvalue weighted by Crippen LogP contribution is 2.28. The molecule has 0 aliphatic carbocycles. The summed E-state index contributed by atoms with van der Waals surface area (Å²) in [6, 6.07) is 14.5. The summed E-state index contributed by atoms with van der Waals surface area (Å²) in [6.45, 7) is 3.80. The Hall–Kier alpha value is -2.60. The Morgan fingerprint density at radius 3 is 2.50 bits per heavy atom. The van der Waals surface area contributed by atoms with Crippen LogP contribution in [0, 0.1) is 5.82 Å². The van der Waals surface area contributed by atoms with Crippen LogP contribution < -0.4 is 15.0 Å². The number of anilines is 1. The summed E-state index contributed by atoms with van der Waals surface area (Å²) >= 11 is 0. The quantitative estimate of drug-likeness (QED) is 0.862. The van der Waals surface area contributed by atoms with Crippen molar-refractivity contribution in [3.8, 4) is 5.75 Å². The third-order valence-electron chi connectivity index (χ3n) is 4.60. The van der Waals surface area contributed by atoms with Crippen LogP contribution in [0.25, 0.3) is 0 Å². The van der Waals surface area contributed by atoms with Crippen LogP contribution >= 0.6 is 0 Å². The number of methoxy groups -OCH3 is 1. The lowest BCUT2D eigenvalue weighted by molar-refractivity contribution is -0.122. The number of carbonyl (C=O) groups excluding carboxylic acids is 1. The van der Waals surface area contributed by atoms with Crippen molar-refractivity contribution in [2.75, 3.05) is 44.7 Å². The molecule has 0 spiro atoms. The first-order valence-electron chi connectivity index (χ1n) is 8.78. The van der Waals surface area contributed by atoms with Gasteiger partial charge in [0.15, 0.2) is 0 Å². The van der Waals surface area contributed by atoms with Gasteiger partial charge in [-0.1, -0.05) is 30.3 Å². The van der Waals surface area contributed by atoms with Gasteiger partial charge in [0.05, 0.1) is 19.3 Å². The molecule has 1 fully saturated rings. The molecule has 1 amide bonds. The number of piperazine rings is 1. The molecular formula is C20H24FN3O2. The van der Waals surface area contributed by atoms with Crippen LogP contribution in [0.3, 0.4) is 0 Å². The van der Waals surface area contributed by atoms with E-state index in [1.165, 1.54) is 6.07 Å². The van der Waals surface area contributed by atoms with E-state index in [-0.39, 0.29) is 18.3 Å². The molecule has 2 aromatic carbocycles. The van der Waals surface area contributed by atoms with Gasteiger partial charge in [-0.25, -0.2) is 4.39 Å². The number of halogens is 1. The minimum absolute atomic E-state index is 0.0843. The van der Waals surface area contributed by atoms with Crippen LogP contribution in [0.15, 0.2) is 48.5 Å². The van der Waals surface area contributed by atoms with Gasteiger partial charge in [0.2, 0.25) is 5.91 Å². The second-order valence-electron chi connectivity index (χ2n) is 6.30. The standard InChI is InChI=1S/C20H24FN3O2/c1-26-19-9-5-4-8-18(19)24-12-10-23(11-13-24)15-20(25)22-14-16-6-2-3-7-17(16)21/h2-9H,10-15H2,1H3,(H,22,25). The fraction of sp³-hybridized carbons (Fsp3) is 0.350. The minimum Gasteiger partial charge on any atom is -0.495 e. The van der Waals surface area contributed by atoms with Crippen molar-refractivity contribution >= 4 is 11.6 Å². The maximum atomic E-state index is 13.6. The highest BCUT2D eigenvalue weighted by molar-refractivity contribution is 5.78. The zero-order chi connectivity index (χ0) is 18.4. The number of nitrogens with zero attached hydrogens (tertiary/aromatic N) is 2. The molecule has 0 bridgehead atoms.